The zero-order chi connectivity index (χ0) is 32.4. The molecule has 3 atom stereocenters. The highest BCUT2D eigenvalue weighted by Gasteiger charge is 2.62. The molecule has 0 aliphatic heterocycles. The molecular formula is C28H26Cl3FN6O5S. The molecule has 1 aromatic heterocycles. The summed E-state index contributed by atoms with van der Waals surface area (Å²) in [6.45, 7) is 4.17. The number of allylic oxidation sites excluding steroid dienone is 1. The van der Waals surface area contributed by atoms with E-state index < -0.39 is 28.8 Å². The van der Waals surface area contributed by atoms with Gasteiger partial charge in [0.1, 0.15) is 21.4 Å². The molecule has 16 heteroatoms. The Labute approximate surface area is 271 Å². The SMILES string of the molecule is CC1(C)C(C=C(Cl)Cl)C1C(=O)OC(C#N)c1ccc(F)c(Oc2ccccc2)c1.CN/C(=N\[N+](=O)[O-])NCc1cnc(Cl)s1. The third kappa shape index (κ3) is 9.78. The molecule has 4 rings (SSSR count). The summed E-state index contributed by atoms with van der Waals surface area (Å²) in [6.07, 6.45) is 1.99. The Morgan fingerprint density at radius 1 is 1.32 bits per heavy atom. The van der Waals surface area contributed by atoms with Crippen LogP contribution in [0.25, 0.3) is 0 Å². The number of nitro groups is 1. The lowest BCUT2D eigenvalue weighted by Gasteiger charge is -2.14. The Bertz CT molecular complexity index is 1580. The van der Waals surface area contributed by atoms with Gasteiger partial charge < -0.3 is 20.1 Å². The highest BCUT2D eigenvalue weighted by atomic mass is 35.5. The fourth-order valence-electron chi connectivity index (χ4n) is 4.10. The van der Waals surface area contributed by atoms with Crippen LogP contribution in [-0.4, -0.2) is 29.0 Å². The summed E-state index contributed by atoms with van der Waals surface area (Å²) in [5.74, 6) is -1.30. The number of hydrogen-bond donors (Lipinski definition) is 2. The van der Waals surface area contributed by atoms with Crippen LogP contribution in [0, 0.1) is 44.5 Å². The summed E-state index contributed by atoms with van der Waals surface area (Å²) in [5.41, 5.74) is -0.0645. The summed E-state index contributed by atoms with van der Waals surface area (Å²) < 4.78 is 25.6. The summed E-state index contributed by atoms with van der Waals surface area (Å²) in [6, 6.07) is 14.5. The van der Waals surface area contributed by atoms with Crippen molar-refractivity contribution in [3.8, 4) is 17.6 Å². The van der Waals surface area contributed by atoms with Gasteiger partial charge in [-0.25, -0.2) is 19.5 Å². The maximum atomic E-state index is 14.2. The number of thiazole rings is 1. The fraction of sp³-hybridized carbons (Fsp3) is 0.286. The minimum atomic E-state index is -1.20. The Morgan fingerprint density at radius 3 is 2.59 bits per heavy atom. The van der Waals surface area contributed by atoms with Crippen LogP contribution in [0.1, 0.15) is 30.4 Å². The molecule has 0 bridgehead atoms. The number of ether oxygens (including phenoxy) is 2. The fourth-order valence-corrected chi connectivity index (χ4v) is 5.29. The van der Waals surface area contributed by atoms with E-state index in [1.54, 1.807) is 36.5 Å². The molecule has 2 N–H and O–H groups in total. The van der Waals surface area contributed by atoms with Gasteiger partial charge in [0.05, 0.1) is 12.5 Å². The second kappa shape index (κ2) is 15.7. The molecule has 1 saturated carbocycles. The Balaban J connectivity index is 0.000000297. The molecule has 0 amide bonds. The van der Waals surface area contributed by atoms with Crippen LogP contribution in [0.3, 0.4) is 0 Å². The van der Waals surface area contributed by atoms with Crippen LogP contribution in [-0.2, 0) is 16.1 Å². The number of aromatic nitrogens is 1. The molecule has 0 saturated heterocycles. The highest BCUT2D eigenvalue weighted by molar-refractivity contribution is 7.15. The lowest BCUT2D eigenvalue weighted by Crippen LogP contribution is -2.34. The first-order valence-corrected chi connectivity index (χ1v) is 14.7. The van der Waals surface area contributed by atoms with E-state index in [0.717, 1.165) is 4.88 Å². The Kier molecular flexibility index (Phi) is 12.3. The van der Waals surface area contributed by atoms with Crippen molar-refractivity contribution in [1.29, 1.82) is 5.26 Å². The topological polar surface area (TPSA) is 152 Å². The van der Waals surface area contributed by atoms with E-state index in [9.17, 15) is 24.6 Å². The maximum Gasteiger partial charge on any atom is 0.311 e. The van der Waals surface area contributed by atoms with Crippen LogP contribution in [0.15, 0.2) is 70.4 Å². The van der Waals surface area contributed by atoms with Gasteiger partial charge in [-0.2, -0.15) is 5.26 Å². The molecule has 1 aliphatic carbocycles. The molecule has 1 aliphatic rings. The Hall–Kier alpha value is -3.96. The van der Waals surface area contributed by atoms with E-state index in [1.165, 1.54) is 36.6 Å². The van der Waals surface area contributed by atoms with Gasteiger partial charge in [-0.3, -0.25) is 4.79 Å². The first-order valence-electron chi connectivity index (χ1n) is 12.8. The lowest BCUT2D eigenvalue weighted by atomic mass is 10.1. The van der Waals surface area contributed by atoms with Crippen molar-refractivity contribution in [3.05, 3.63) is 96.1 Å². The third-order valence-electron chi connectivity index (χ3n) is 6.42. The standard InChI is InChI=1S/C22H18Cl2FNO3.C6H8ClN5O2S/c1-22(2)15(11-19(23)24)20(22)21(27)29-18(12-26)13-8-9-16(25)17(10-13)28-14-6-4-3-5-7-14;1-8-6(11-12(13)14)10-3-4-2-9-5(7)15-4/h3-11,15,18,20H,1-2H3;2H,3H2,1H3,(H2,8,10,11). The van der Waals surface area contributed by atoms with Crippen molar-refractivity contribution in [2.75, 3.05) is 7.05 Å². The first-order chi connectivity index (χ1) is 20.8. The smallest absolute Gasteiger partial charge is 0.311 e. The molecule has 1 fully saturated rings. The molecule has 11 nitrogen and oxygen atoms in total. The number of nitrogens with zero attached hydrogens (tertiary/aromatic N) is 4. The minimum Gasteiger partial charge on any atom is -0.454 e. The summed E-state index contributed by atoms with van der Waals surface area (Å²) in [7, 11) is 1.54. The van der Waals surface area contributed by atoms with Gasteiger partial charge in [-0.1, -0.05) is 72.9 Å². The summed E-state index contributed by atoms with van der Waals surface area (Å²) in [4.78, 5) is 27.4. The quantitative estimate of drug-likeness (QED) is 0.0801. The molecule has 1 heterocycles. The van der Waals surface area contributed by atoms with Gasteiger partial charge in [0, 0.05) is 23.7 Å². The molecule has 3 unspecified atom stereocenters. The number of nitrogens with one attached hydrogen (secondary N) is 2. The zero-order valence-corrected chi connectivity index (χ0v) is 26.5. The molecular weight excluding hydrogens is 658 g/mol. The van der Waals surface area contributed by atoms with Gasteiger partial charge in [0.25, 0.3) is 5.96 Å². The van der Waals surface area contributed by atoms with Gasteiger partial charge in [0.15, 0.2) is 21.1 Å². The first kappa shape index (κ1) is 34.5. The van der Waals surface area contributed by atoms with Crippen LogP contribution in [0.5, 0.6) is 11.5 Å². The van der Waals surface area contributed by atoms with Crippen molar-refractivity contribution in [2.24, 2.45) is 22.4 Å². The average Bonchev–Trinajstić information content (AvgIpc) is 3.26. The number of benzene rings is 2. The number of hydrogen-bond acceptors (Lipinski definition) is 8. The lowest BCUT2D eigenvalue weighted by molar-refractivity contribution is -0.485. The van der Waals surface area contributed by atoms with Crippen LogP contribution in [0.4, 0.5) is 4.39 Å². The van der Waals surface area contributed by atoms with Crippen molar-refractivity contribution in [1.82, 2.24) is 15.6 Å². The number of halogens is 4. The second-order valence-electron chi connectivity index (χ2n) is 9.70. The number of hydrazone groups is 1. The van der Waals surface area contributed by atoms with Gasteiger partial charge >= 0.3 is 5.97 Å². The van der Waals surface area contributed by atoms with E-state index in [0.29, 0.717) is 22.3 Å². The van der Waals surface area contributed by atoms with E-state index in [2.05, 4.69) is 20.7 Å². The third-order valence-corrected chi connectivity index (χ3v) is 7.79. The van der Waals surface area contributed by atoms with E-state index in [4.69, 9.17) is 44.3 Å². The molecule has 44 heavy (non-hydrogen) atoms. The maximum absolute atomic E-state index is 14.2. The van der Waals surface area contributed by atoms with Crippen molar-refractivity contribution < 1.29 is 23.7 Å². The molecule has 0 radical (unpaired) electrons. The minimum absolute atomic E-state index is 0.0634. The molecule has 3 aromatic rings. The van der Waals surface area contributed by atoms with E-state index in [-0.39, 0.29) is 27.5 Å². The van der Waals surface area contributed by atoms with Gasteiger partial charge in [-0.05, 0) is 41.7 Å². The number of nitriles is 1. The Morgan fingerprint density at radius 2 is 2.02 bits per heavy atom. The normalized spacial score (nSPS) is 17.1. The second-order valence-corrected chi connectivity index (χ2v) is 12.4. The largest absolute Gasteiger partial charge is 0.454 e. The number of esters is 1. The predicted molar refractivity (Wildman–Crippen MR) is 165 cm³/mol. The molecule has 2 aromatic carbocycles. The number of carbonyl (C=O) groups is 1. The van der Waals surface area contributed by atoms with Crippen LogP contribution >= 0.6 is 46.1 Å². The number of para-hydroxylation sites is 1. The van der Waals surface area contributed by atoms with Crippen molar-refractivity contribution >= 4 is 58.1 Å². The van der Waals surface area contributed by atoms with Crippen LogP contribution in [0.2, 0.25) is 4.47 Å². The van der Waals surface area contributed by atoms with Crippen molar-refractivity contribution in [3.63, 3.8) is 0 Å². The number of carbonyl (C=O) groups excluding carboxylic acids is 1. The molecule has 232 valence electrons. The number of rotatable bonds is 9. The van der Waals surface area contributed by atoms with Gasteiger partial charge in [-0.15, -0.1) is 11.3 Å². The highest BCUT2D eigenvalue weighted by Crippen LogP contribution is 2.60. The molecule has 0 spiro atoms. The summed E-state index contributed by atoms with van der Waals surface area (Å²) >= 11 is 18.3. The monoisotopic (exact) mass is 682 g/mol. The van der Waals surface area contributed by atoms with Crippen LogP contribution < -0.4 is 15.4 Å². The van der Waals surface area contributed by atoms with E-state index in [1.807, 2.05) is 26.0 Å². The average molecular weight is 684 g/mol. The van der Waals surface area contributed by atoms with E-state index >= 15 is 0 Å². The summed E-state index contributed by atoms with van der Waals surface area (Å²) in [5, 5.41) is 27.2. The van der Waals surface area contributed by atoms with Gasteiger partial charge in [0.2, 0.25) is 6.10 Å². The van der Waals surface area contributed by atoms with Crippen molar-refractivity contribution in [2.45, 2.75) is 26.5 Å². The predicted octanol–water partition coefficient (Wildman–Crippen LogP) is 6.97. The number of guanidine groups is 1. The zero-order valence-electron chi connectivity index (χ0n) is 23.5.